The van der Waals surface area contributed by atoms with Crippen molar-refractivity contribution in [2.45, 2.75) is 47.2 Å². The highest BCUT2D eigenvalue weighted by atomic mass is 35.5. The van der Waals surface area contributed by atoms with E-state index < -0.39 is 5.69 Å². The molecule has 8 heteroatoms. The molecule has 2 N–H and O–H groups in total. The summed E-state index contributed by atoms with van der Waals surface area (Å²) < 4.78 is 8.45. The number of hydrogen-bond donors (Lipinski definition) is 2. The van der Waals surface area contributed by atoms with Crippen molar-refractivity contribution >= 4 is 29.4 Å². The molecule has 0 fully saturated rings. The minimum absolute atomic E-state index is 0.0893. The monoisotopic (exact) mass is 434 g/mol. The van der Waals surface area contributed by atoms with Crippen LogP contribution >= 0.6 is 11.6 Å². The van der Waals surface area contributed by atoms with Gasteiger partial charge in [-0.05, 0) is 57.9 Å². The number of ether oxygens (including phenoxy) is 1. The average Bonchev–Trinajstić information content (AvgIpc) is 2.73. The zero-order valence-electron chi connectivity index (χ0n) is 17.9. The van der Waals surface area contributed by atoms with Crippen molar-refractivity contribution < 1.29 is 14.8 Å². The van der Waals surface area contributed by atoms with E-state index in [9.17, 15) is 9.59 Å². The van der Waals surface area contributed by atoms with Crippen LogP contribution in [-0.4, -0.2) is 33.4 Å². The second-order valence-electron chi connectivity index (χ2n) is 6.80. The molecular formula is C22H29ClN3O4+. The lowest BCUT2D eigenvalue weighted by Gasteiger charge is -2.11. The van der Waals surface area contributed by atoms with Gasteiger partial charge in [0.25, 0.3) is 17.3 Å². The Balaban J connectivity index is 2.62. The highest BCUT2D eigenvalue weighted by Gasteiger charge is 2.22. The maximum Gasteiger partial charge on any atom is 0.418 e. The zero-order chi connectivity index (χ0) is 22.3. The van der Waals surface area contributed by atoms with Gasteiger partial charge in [0.15, 0.2) is 0 Å². The second kappa shape index (κ2) is 10.9. The lowest BCUT2D eigenvalue weighted by atomic mass is 10.1. The molecule has 0 aliphatic rings. The standard InChI is InChI=1S/C22H28ClN3O4/c1-5-25-19(16(4)21(28)26(22(25)29)12-7-13-27)24-20(30-6-2)15(3)14-17-8-10-18(23)11-9-17/h8-11,14,27H,5-7,12-13H2,1-4H3/p+1/b15-14-,24-20+. The molecule has 0 amide bonds. The van der Waals surface area contributed by atoms with Crippen LogP contribution in [0.5, 0.6) is 0 Å². The number of aromatic nitrogens is 2. The van der Waals surface area contributed by atoms with Gasteiger partial charge in [0, 0.05) is 23.7 Å². The van der Waals surface area contributed by atoms with Gasteiger partial charge in [0.1, 0.15) is 5.56 Å². The molecule has 0 unspecified atom stereocenters. The Hall–Kier alpha value is -2.64. The van der Waals surface area contributed by atoms with Crippen LogP contribution in [0.1, 0.15) is 38.3 Å². The number of aliphatic hydroxyl groups excluding tert-OH is 1. The lowest BCUT2D eigenvalue weighted by molar-refractivity contribution is -0.376. The van der Waals surface area contributed by atoms with Crippen LogP contribution in [0, 0.1) is 6.92 Å². The van der Waals surface area contributed by atoms with E-state index in [0.717, 1.165) is 15.7 Å². The molecule has 0 spiro atoms. The third-order valence-corrected chi connectivity index (χ3v) is 4.89. The fraction of sp³-hybridized carbons (Fsp3) is 0.409. The molecule has 30 heavy (non-hydrogen) atoms. The van der Waals surface area contributed by atoms with E-state index in [4.69, 9.17) is 21.4 Å². The summed E-state index contributed by atoms with van der Waals surface area (Å²) in [7, 11) is 0. The van der Waals surface area contributed by atoms with Gasteiger partial charge in [0.05, 0.1) is 13.2 Å². The molecule has 0 aliphatic carbocycles. The van der Waals surface area contributed by atoms with Gasteiger partial charge in [-0.3, -0.25) is 4.79 Å². The summed E-state index contributed by atoms with van der Waals surface area (Å²) in [5.74, 6) is 0.865. The van der Waals surface area contributed by atoms with E-state index in [1.807, 2.05) is 39.0 Å². The van der Waals surface area contributed by atoms with Crippen molar-refractivity contribution in [1.82, 2.24) is 9.13 Å². The Labute approximate surface area is 180 Å². The zero-order valence-corrected chi connectivity index (χ0v) is 18.6. The van der Waals surface area contributed by atoms with Crippen LogP contribution in [0.25, 0.3) is 6.08 Å². The van der Waals surface area contributed by atoms with Gasteiger partial charge >= 0.3 is 5.69 Å². The Morgan fingerprint density at radius 3 is 2.43 bits per heavy atom. The summed E-state index contributed by atoms with van der Waals surface area (Å²) in [6, 6.07) is 7.40. The Morgan fingerprint density at radius 1 is 1.20 bits per heavy atom. The number of rotatable bonds is 8. The van der Waals surface area contributed by atoms with Gasteiger partial charge in [-0.15, -0.1) is 0 Å². The maximum absolute atomic E-state index is 12.9. The van der Waals surface area contributed by atoms with Crippen LogP contribution in [0.4, 0.5) is 5.82 Å². The largest absolute Gasteiger partial charge is 0.462 e. The molecule has 0 radical (unpaired) electrons. The van der Waals surface area contributed by atoms with E-state index in [1.54, 1.807) is 19.1 Å². The molecular weight excluding hydrogens is 406 g/mol. The van der Waals surface area contributed by atoms with Gasteiger partial charge in [-0.1, -0.05) is 23.7 Å². The van der Waals surface area contributed by atoms with E-state index >= 15 is 0 Å². The van der Waals surface area contributed by atoms with Crippen LogP contribution in [0.2, 0.25) is 5.02 Å². The molecule has 0 atom stereocenters. The van der Waals surface area contributed by atoms with Crippen molar-refractivity contribution in [3.8, 4) is 0 Å². The van der Waals surface area contributed by atoms with E-state index in [-0.39, 0.29) is 18.7 Å². The number of benzene rings is 1. The van der Waals surface area contributed by atoms with Gasteiger partial charge < -0.3 is 9.84 Å². The Kier molecular flexibility index (Phi) is 8.62. The van der Waals surface area contributed by atoms with Crippen molar-refractivity contribution in [2.75, 3.05) is 13.2 Å². The molecule has 1 aromatic carbocycles. The average molecular weight is 435 g/mol. The first-order valence-corrected chi connectivity index (χ1v) is 10.4. The number of nitrogens with zero attached hydrogens (tertiary/aromatic N) is 2. The first-order chi connectivity index (χ1) is 14.3. The molecule has 1 heterocycles. The smallest absolute Gasteiger partial charge is 0.418 e. The SMILES string of the molecule is CCOC(=[NH+]/c1c(C)c(=O)n(CCCO)c(=O)n1CC)/C(C)=C\c1ccc(Cl)cc1. The fourth-order valence-corrected chi connectivity index (χ4v) is 3.22. The molecule has 7 nitrogen and oxygen atoms in total. The summed E-state index contributed by atoms with van der Waals surface area (Å²) in [6.45, 7) is 8.14. The number of halogens is 1. The molecule has 2 rings (SSSR count). The predicted molar refractivity (Wildman–Crippen MR) is 119 cm³/mol. The molecule has 1 aromatic heterocycles. The van der Waals surface area contributed by atoms with Crippen LogP contribution in [0.15, 0.2) is 39.4 Å². The lowest BCUT2D eigenvalue weighted by Crippen LogP contribution is -2.71. The van der Waals surface area contributed by atoms with Gasteiger partial charge in [-0.25, -0.2) is 14.4 Å². The van der Waals surface area contributed by atoms with Gasteiger partial charge in [0.2, 0.25) is 0 Å². The quantitative estimate of drug-likeness (QED) is 0.488. The van der Waals surface area contributed by atoms with Crippen molar-refractivity contribution in [2.24, 2.45) is 0 Å². The topological polar surface area (TPSA) is 87.4 Å². The third kappa shape index (κ3) is 5.49. The molecule has 2 aromatic rings. The van der Waals surface area contributed by atoms with Crippen LogP contribution in [0.3, 0.4) is 0 Å². The first kappa shape index (κ1) is 23.6. The minimum Gasteiger partial charge on any atom is -0.462 e. The fourth-order valence-electron chi connectivity index (χ4n) is 3.09. The van der Waals surface area contributed by atoms with Gasteiger partial charge in [-0.2, -0.15) is 4.57 Å². The first-order valence-electron chi connectivity index (χ1n) is 10.00. The summed E-state index contributed by atoms with van der Waals surface area (Å²) in [5.41, 5.74) is 1.36. The summed E-state index contributed by atoms with van der Waals surface area (Å²) >= 11 is 5.95. The number of aliphatic hydroxyl groups is 1. The molecule has 0 bridgehead atoms. The van der Waals surface area contributed by atoms with E-state index in [1.165, 1.54) is 4.57 Å². The number of nitrogens with one attached hydrogen (secondary N) is 1. The van der Waals surface area contributed by atoms with Crippen LogP contribution in [-0.2, 0) is 17.8 Å². The minimum atomic E-state index is -0.417. The van der Waals surface area contributed by atoms with Crippen molar-refractivity contribution in [1.29, 1.82) is 0 Å². The van der Waals surface area contributed by atoms with Crippen molar-refractivity contribution in [3.05, 3.63) is 66.8 Å². The van der Waals surface area contributed by atoms with Crippen LogP contribution < -0.4 is 16.2 Å². The molecule has 162 valence electrons. The predicted octanol–water partition coefficient (Wildman–Crippen LogP) is 1.62. The normalized spacial score (nSPS) is 12.3. The van der Waals surface area contributed by atoms with E-state index in [2.05, 4.69) is 4.99 Å². The maximum atomic E-state index is 12.9. The Bertz CT molecular complexity index is 1050. The summed E-state index contributed by atoms with van der Waals surface area (Å²) in [5, 5.41) is 9.72. The molecule has 0 aliphatic heterocycles. The summed E-state index contributed by atoms with van der Waals surface area (Å²) in [6.07, 6.45) is 2.27. The third-order valence-electron chi connectivity index (χ3n) is 4.64. The highest BCUT2D eigenvalue weighted by molar-refractivity contribution is 6.30. The van der Waals surface area contributed by atoms with E-state index in [0.29, 0.717) is 41.9 Å². The summed E-state index contributed by atoms with van der Waals surface area (Å²) in [4.78, 5) is 28.8. The second-order valence-corrected chi connectivity index (χ2v) is 7.24. The molecule has 0 saturated heterocycles. The highest BCUT2D eigenvalue weighted by Crippen LogP contribution is 2.13. The van der Waals surface area contributed by atoms with Crippen molar-refractivity contribution in [3.63, 3.8) is 0 Å². The Morgan fingerprint density at radius 2 is 1.87 bits per heavy atom. The number of hydrogen-bond acceptors (Lipinski definition) is 4. The molecule has 0 saturated carbocycles.